The van der Waals surface area contributed by atoms with Gasteiger partial charge in [0.25, 0.3) is 0 Å². The number of fused-ring (bicyclic) bond motifs is 12. The zero-order valence-corrected chi connectivity index (χ0v) is 29.8. The molecule has 0 radical (unpaired) electrons. The Morgan fingerprint density at radius 1 is 0.370 bits per heavy atom. The summed E-state index contributed by atoms with van der Waals surface area (Å²) in [5, 5.41) is 12.4. The minimum Gasteiger partial charge on any atom is -0.309 e. The van der Waals surface area contributed by atoms with E-state index in [9.17, 15) is 0 Å². The highest BCUT2D eigenvalue weighted by molar-refractivity contribution is 7.26. The average molecular weight is 704 g/mol. The maximum atomic E-state index is 5.43. The van der Waals surface area contributed by atoms with E-state index in [0.29, 0.717) is 0 Å². The third kappa shape index (κ3) is 4.17. The van der Waals surface area contributed by atoms with Gasteiger partial charge in [-0.1, -0.05) is 133 Å². The molecule has 0 aliphatic carbocycles. The van der Waals surface area contributed by atoms with Crippen LogP contribution in [0.15, 0.2) is 176 Å². The second-order valence-corrected chi connectivity index (χ2v) is 15.1. The van der Waals surface area contributed by atoms with Crippen molar-refractivity contribution in [3.63, 3.8) is 0 Å². The molecule has 0 atom stereocenters. The molecule has 0 aliphatic rings. The molecule has 0 saturated heterocycles. The molecular weight excluding hydrogens is 675 g/mol. The van der Waals surface area contributed by atoms with Crippen LogP contribution in [0.5, 0.6) is 0 Å². The Balaban J connectivity index is 1.17. The summed E-state index contributed by atoms with van der Waals surface area (Å²) in [6.45, 7) is 0. The van der Waals surface area contributed by atoms with E-state index in [1.165, 1.54) is 63.5 Å². The van der Waals surface area contributed by atoms with Crippen molar-refractivity contribution in [3.05, 3.63) is 176 Å². The van der Waals surface area contributed by atoms with Crippen LogP contribution < -0.4 is 0 Å². The zero-order valence-electron chi connectivity index (χ0n) is 29.0. The summed E-state index contributed by atoms with van der Waals surface area (Å²) in [5.74, 6) is 0. The Morgan fingerprint density at radius 3 is 1.59 bits per heavy atom. The molecular formula is C50H29N3S. The minimum absolute atomic E-state index is 0.883. The Bertz CT molecular complexity index is 3420. The summed E-state index contributed by atoms with van der Waals surface area (Å²) in [4.78, 5) is 10.8. The first-order valence-corrected chi connectivity index (χ1v) is 19.2. The predicted octanol–water partition coefficient (Wildman–Crippen LogP) is 13.9. The van der Waals surface area contributed by atoms with E-state index in [1.54, 1.807) is 0 Å². The second-order valence-electron chi connectivity index (χ2n) is 14.1. The standard InChI is InChI=1S/C50H29N3S/c1-3-14-32-30(12-1)24-27-43-46(32)47-33-15-4-2-13-31(33)25-28-44(47)53(43)42-29-26-37(34-16-5-6-17-35(34)42)48-49(52-41-22-9-8-21-40(41)51-48)39-20-11-19-38-36-18-7-10-23-45(36)54-50(38)39/h1-29H. The molecule has 0 amide bonds. The number of para-hydroxylation sites is 2. The molecule has 0 N–H and O–H groups in total. The summed E-state index contributed by atoms with van der Waals surface area (Å²) in [6.07, 6.45) is 0. The third-order valence-corrected chi connectivity index (χ3v) is 12.4. The van der Waals surface area contributed by atoms with E-state index in [0.717, 1.165) is 50.0 Å². The largest absolute Gasteiger partial charge is 0.309 e. The van der Waals surface area contributed by atoms with Crippen molar-refractivity contribution < 1.29 is 0 Å². The van der Waals surface area contributed by atoms with Gasteiger partial charge in [-0.25, -0.2) is 9.97 Å². The van der Waals surface area contributed by atoms with Gasteiger partial charge in [-0.2, -0.15) is 0 Å². The minimum atomic E-state index is 0.883. The van der Waals surface area contributed by atoms with Crippen molar-refractivity contribution >= 4 is 96.7 Å². The van der Waals surface area contributed by atoms with Crippen molar-refractivity contribution in [2.75, 3.05) is 0 Å². The molecule has 54 heavy (non-hydrogen) atoms. The molecule has 0 bridgehead atoms. The Kier molecular flexibility index (Phi) is 6.21. The molecule has 0 aliphatic heterocycles. The SMILES string of the molecule is c1ccc2c(c1)ccc1c2c2c3ccccc3ccc2n1-c1ccc(-c2nc3ccccc3nc2-c2cccc3c2sc2ccccc23)c2ccccc12. The summed E-state index contributed by atoms with van der Waals surface area (Å²) >= 11 is 1.83. The highest BCUT2D eigenvalue weighted by Crippen LogP contribution is 2.45. The normalized spacial score (nSPS) is 12.1. The smallest absolute Gasteiger partial charge is 0.0987 e. The third-order valence-electron chi connectivity index (χ3n) is 11.2. The van der Waals surface area contributed by atoms with Gasteiger partial charge in [0.15, 0.2) is 0 Å². The van der Waals surface area contributed by atoms with Crippen molar-refractivity contribution in [3.8, 4) is 28.2 Å². The lowest BCUT2D eigenvalue weighted by atomic mass is 9.96. The molecule has 250 valence electrons. The van der Waals surface area contributed by atoms with E-state index in [4.69, 9.17) is 9.97 Å². The van der Waals surface area contributed by atoms with Gasteiger partial charge in [-0.05, 0) is 69.4 Å². The molecule has 3 aromatic heterocycles. The number of thiophene rings is 1. The predicted molar refractivity (Wildman–Crippen MR) is 230 cm³/mol. The van der Waals surface area contributed by atoms with Crippen LogP contribution in [0.25, 0.3) is 114 Å². The highest BCUT2D eigenvalue weighted by atomic mass is 32.1. The van der Waals surface area contributed by atoms with E-state index >= 15 is 0 Å². The lowest BCUT2D eigenvalue weighted by molar-refractivity contribution is 1.20. The molecule has 0 spiro atoms. The molecule has 12 rings (SSSR count). The molecule has 0 saturated carbocycles. The number of aromatic nitrogens is 3. The van der Waals surface area contributed by atoms with E-state index in [2.05, 4.69) is 168 Å². The van der Waals surface area contributed by atoms with Gasteiger partial charge in [-0.15, -0.1) is 11.3 Å². The number of hydrogen-bond donors (Lipinski definition) is 0. The molecule has 0 fully saturated rings. The van der Waals surface area contributed by atoms with Gasteiger partial charge >= 0.3 is 0 Å². The van der Waals surface area contributed by atoms with Gasteiger partial charge in [0.1, 0.15) is 0 Å². The topological polar surface area (TPSA) is 30.7 Å². The van der Waals surface area contributed by atoms with Crippen LogP contribution in [-0.2, 0) is 0 Å². The van der Waals surface area contributed by atoms with Gasteiger partial charge in [-0.3, -0.25) is 0 Å². The van der Waals surface area contributed by atoms with Gasteiger partial charge < -0.3 is 4.57 Å². The molecule has 9 aromatic carbocycles. The van der Waals surface area contributed by atoms with Crippen LogP contribution in [0.4, 0.5) is 0 Å². The highest BCUT2D eigenvalue weighted by Gasteiger charge is 2.22. The summed E-state index contributed by atoms with van der Waals surface area (Å²) in [6, 6.07) is 63.5. The maximum Gasteiger partial charge on any atom is 0.0987 e. The van der Waals surface area contributed by atoms with E-state index in [1.807, 2.05) is 23.5 Å². The fourth-order valence-corrected chi connectivity index (χ4v) is 10.0. The molecule has 4 heteroatoms. The van der Waals surface area contributed by atoms with Crippen LogP contribution >= 0.6 is 11.3 Å². The van der Waals surface area contributed by atoms with Crippen molar-refractivity contribution in [2.45, 2.75) is 0 Å². The molecule has 3 heterocycles. The number of benzene rings is 9. The van der Waals surface area contributed by atoms with Crippen LogP contribution in [-0.4, -0.2) is 14.5 Å². The zero-order chi connectivity index (χ0) is 35.3. The number of rotatable bonds is 3. The first-order valence-electron chi connectivity index (χ1n) is 18.3. The van der Waals surface area contributed by atoms with Gasteiger partial charge in [0.05, 0.1) is 39.1 Å². The van der Waals surface area contributed by atoms with Crippen molar-refractivity contribution in [2.24, 2.45) is 0 Å². The number of hydrogen-bond acceptors (Lipinski definition) is 3. The average Bonchev–Trinajstić information content (AvgIpc) is 3.79. The first kappa shape index (κ1) is 29.7. The quantitative estimate of drug-likeness (QED) is 0.183. The number of nitrogens with zero attached hydrogens (tertiary/aromatic N) is 3. The maximum absolute atomic E-state index is 5.43. The van der Waals surface area contributed by atoms with Gasteiger partial charge in [0.2, 0.25) is 0 Å². The van der Waals surface area contributed by atoms with Gasteiger partial charge in [0, 0.05) is 47.5 Å². The summed E-state index contributed by atoms with van der Waals surface area (Å²) in [7, 11) is 0. The lowest BCUT2D eigenvalue weighted by Crippen LogP contribution is -1.99. The first-order chi connectivity index (χ1) is 26.8. The Morgan fingerprint density at radius 2 is 0.907 bits per heavy atom. The lowest BCUT2D eigenvalue weighted by Gasteiger charge is -2.17. The monoisotopic (exact) mass is 703 g/mol. The molecule has 12 aromatic rings. The van der Waals surface area contributed by atoms with Crippen LogP contribution in [0.1, 0.15) is 0 Å². The summed E-state index contributed by atoms with van der Waals surface area (Å²) < 4.78 is 4.98. The fourth-order valence-electron chi connectivity index (χ4n) is 8.80. The second kappa shape index (κ2) is 11.3. The van der Waals surface area contributed by atoms with E-state index in [-0.39, 0.29) is 0 Å². The summed E-state index contributed by atoms with van der Waals surface area (Å²) in [5.41, 5.74) is 9.27. The molecule has 3 nitrogen and oxygen atoms in total. The van der Waals surface area contributed by atoms with Crippen molar-refractivity contribution in [1.82, 2.24) is 14.5 Å². The Labute approximate surface area is 314 Å². The molecule has 0 unspecified atom stereocenters. The van der Waals surface area contributed by atoms with Crippen LogP contribution in [0, 0.1) is 0 Å². The Hall–Kier alpha value is -6.88. The fraction of sp³-hybridized carbons (Fsp3) is 0. The van der Waals surface area contributed by atoms with Crippen molar-refractivity contribution in [1.29, 1.82) is 0 Å². The van der Waals surface area contributed by atoms with Crippen LogP contribution in [0.3, 0.4) is 0 Å². The van der Waals surface area contributed by atoms with Crippen LogP contribution in [0.2, 0.25) is 0 Å². The van der Waals surface area contributed by atoms with E-state index < -0.39 is 0 Å².